The van der Waals surface area contributed by atoms with Crippen molar-refractivity contribution in [1.29, 1.82) is 0 Å². The summed E-state index contributed by atoms with van der Waals surface area (Å²) in [6.45, 7) is 2.91. The van der Waals surface area contributed by atoms with Crippen molar-refractivity contribution in [1.82, 2.24) is 20.8 Å². The van der Waals surface area contributed by atoms with Gasteiger partial charge in [0.25, 0.3) is 5.91 Å². The molecule has 3 rings (SSSR count). The fourth-order valence-corrected chi connectivity index (χ4v) is 3.91. The molecule has 11 nitrogen and oxygen atoms in total. The van der Waals surface area contributed by atoms with E-state index in [4.69, 9.17) is 9.39 Å². The van der Waals surface area contributed by atoms with Gasteiger partial charge in [0.1, 0.15) is 6.04 Å². The first-order chi connectivity index (χ1) is 11.8. The van der Waals surface area contributed by atoms with Crippen molar-refractivity contribution in [3.05, 3.63) is 0 Å². The van der Waals surface area contributed by atoms with E-state index in [9.17, 15) is 18.0 Å². The molecule has 0 aliphatic carbocycles. The summed E-state index contributed by atoms with van der Waals surface area (Å²) < 4.78 is 34.8. The molecule has 3 heterocycles. The largest absolute Gasteiger partial charge is 0.418 e. The van der Waals surface area contributed by atoms with Crippen molar-refractivity contribution in [3.63, 3.8) is 0 Å². The van der Waals surface area contributed by atoms with Crippen molar-refractivity contribution < 1.29 is 31.7 Å². The zero-order valence-electron chi connectivity index (χ0n) is 13.8. The zero-order chi connectivity index (χ0) is 18.2. The molecule has 0 saturated carbocycles. The minimum atomic E-state index is -4.80. The summed E-state index contributed by atoms with van der Waals surface area (Å²) >= 11 is 0. The van der Waals surface area contributed by atoms with Crippen LogP contribution >= 0.6 is 0 Å². The second-order valence-electron chi connectivity index (χ2n) is 6.50. The third kappa shape index (κ3) is 4.03. The van der Waals surface area contributed by atoms with Crippen LogP contribution in [0.5, 0.6) is 0 Å². The smallest absolute Gasteiger partial charge is 0.311 e. The van der Waals surface area contributed by atoms with Crippen LogP contribution in [0.1, 0.15) is 32.6 Å². The van der Waals surface area contributed by atoms with Gasteiger partial charge in [-0.05, 0) is 39.2 Å². The molecule has 0 aromatic heterocycles. The van der Waals surface area contributed by atoms with Crippen LogP contribution in [0.3, 0.4) is 0 Å². The zero-order valence-corrected chi connectivity index (χ0v) is 14.6. The van der Waals surface area contributed by atoms with E-state index in [1.807, 2.05) is 6.92 Å². The van der Waals surface area contributed by atoms with Gasteiger partial charge in [-0.1, -0.05) is 0 Å². The first-order valence-electron chi connectivity index (χ1n) is 8.22. The molecule has 3 fully saturated rings. The molecule has 3 aliphatic rings. The average molecular weight is 378 g/mol. The van der Waals surface area contributed by atoms with Crippen molar-refractivity contribution in [3.8, 4) is 0 Å². The summed E-state index contributed by atoms with van der Waals surface area (Å²) in [6, 6.07) is -1.91. The lowest BCUT2D eigenvalue weighted by Crippen LogP contribution is -2.51. The number of nitrogens with one attached hydrogen (secondary N) is 2. The van der Waals surface area contributed by atoms with E-state index < -0.39 is 34.4 Å². The normalized spacial score (nSPS) is 30.6. The molecule has 0 aromatic carbocycles. The molecular weight excluding hydrogens is 356 g/mol. The fourth-order valence-electron chi connectivity index (χ4n) is 3.52. The van der Waals surface area contributed by atoms with E-state index in [2.05, 4.69) is 15.1 Å². The molecular formula is C13H22N4O7S. The van der Waals surface area contributed by atoms with Crippen LogP contribution in [0.15, 0.2) is 0 Å². The van der Waals surface area contributed by atoms with Gasteiger partial charge in [-0.2, -0.15) is 13.5 Å². The molecule has 4 atom stereocenters. The van der Waals surface area contributed by atoms with E-state index in [-0.39, 0.29) is 18.7 Å². The van der Waals surface area contributed by atoms with Crippen LogP contribution in [-0.4, -0.2) is 72.2 Å². The lowest BCUT2D eigenvalue weighted by molar-refractivity contribution is -0.144. The SMILES string of the molecule is CC(ONC(=O)[C@@H]1CC[C@@H]2CN1C(=O)N2OS(=O)(=O)O)[C@@H]1CCCN1. The van der Waals surface area contributed by atoms with Crippen molar-refractivity contribution in [2.75, 3.05) is 13.1 Å². The molecule has 2 bridgehead atoms. The van der Waals surface area contributed by atoms with Crippen LogP contribution in [0.25, 0.3) is 0 Å². The van der Waals surface area contributed by atoms with Gasteiger partial charge < -0.3 is 10.2 Å². The van der Waals surface area contributed by atoms with E-state index in [0.29, 0.717) is 17.9 Å². The Kier molecular flexibility index (Phi) is 5.16. The van der Waals surface area contributed by atoms with Gasteiger partial charge in [0.2, 0.25) is 0 Å². The summed E-state index contributed by atoms with van der Waals surface area (Å²) in [5.74, 6) is -0.467. The van der Waals surface area contributed by atoms with E-state index in [0.717, 1.165) is 19.4 Å². The molecule has 0 spiro atoms. The maximum absolute atomic E-state index is 12.4. The summed E-state index contributed by atoms with van der Waals surface area (Å²) in [4.78, 5) is 31.2. The Balaban J connectivity index is 1.56. The minimum absolute atomic E-state index is 0.145. The predicted octanol–water partition coefficient (Wildman–Crippen LogP) is -0.822. The van der Waals surface area contributed by atoms with Gasteiger partial charge in [0.05, 0.1) is 12.1 Å². The topological polar surface area (TPSA) is 138 Å². The summed E-state index contributed by atoms with van der Waals surface area (Å²) in [5.41, 5.74) is 2.40. The third-order valence-corrected chi connectivity index (χ3v) is 5.16. The predicted molar refractivity (Wildman–Crippen MR) is 83.1 cm³/mol. The highest BCUT2D eigenvalue weighted by Crippen LogP contribution is 2.30. The maximum Gasteiger partial charge on any atom is 0.418 e. The van der Waals surface area contributed by atoms with Crippen LogP contribution < -0.4 is 10.8 Å². The first kappa shape index (κ1) is 18.3. The standard InChI is InChI=1S/C13H22N4O7S/c1-8(10-3-2-6-14-10)23-15-12(18)11-5-4-9-7-16(11)13(19)17(9)24-25(20,21)22/h8-11,14H,2-7H2,1H3,(H,15,18)(H,20,21,22)/t8?,9-,10+,11+/m1/s1. The number of rotatable bonds is 6. The fraction of sp³-hybridized carbons (Fsp3) is 0.846. The molecule has 3 amide bonds. The number of hydrogen-bond donors (Lipinski definition) is 3. The van der Waals surface area contributed by atoms with Crippen LogP contribution in [0.2, 0.25) is 0 Å². The van der Waals surface area contributed by atoms with Crippen molar-refractivity contribution in [2.45, 2.75) is 56.8 Å². The van der Waals surface area contributed by atoms with Gasteiger partial charge in [-0.3, -0.25) is 14.2 Å². The van der Waals surface area contributed by atoms with Gasteiger partial charge in [-0.15, -0.1) is 4.28 Å². The van der Waals surface area contributed by atoms with E-state index in [1.54, 1.807) is 0 Å². The molecule has 3 aliphatic heterocycles. The summed E-state index contributed by atoms with van der Waals surface area (Å²) in [7, 11) is -4.80. The molecule has 25 heavy (non-hydrogen) atoms. The molecule has 0 radical (unpaired) electrons. The number of hydrogen-bond acceptors (Lipinski definition) is 7. The van der Waals surface area contributed by atoms with Crippen LogP contribution in [-0.2, 0) is 24.3 Å². The number of urea groups is 1. The molecule has 0 aromatic rings. The number of carbonyl (C=O) groups is 2. The van der Waals surface area contributed by atoms with E-state index in [1.165, 1.54) is 4.90 Å². The second-order valence-corrected chi connectivity index (χ2v) is 7.51. The number of carbonyl (C=O) groups excluding carboxylic acids is 2. The van der Waals surface area contributed by atoms with Gasteiger partial charge in [0.15, 0.2) is 0 Å². The highest BCUT2D eigenvalue weighted by atomic mass is 32.3. The molecule has 3 N–H and O–H groups in total. The third-order valence-electron chi connectivity index (χ3n) is 4.81. The highest BCUT2D eigenvalue weighted by Gasteiger charge is 2.49. The Morgan fingerprint density at radius 2 is 2.16 bits per heavy atom. The molecule has 1 unspecified atom stereocenters. The second kappa shape index (κ2) is 7.03. The van der Waals surface area contributed by atoms with Crippen molar-refractivity contribution >= 4 is 22.3 Å². The summed E-state index contributed by atoms with van der Waals surface area (Å²) in [6.07, 6.45) is 2.52. The first-order valence-corrected chi connectivity index (χ1v) is 9.58. The minimum Gasteiger partial charge on any atom is -0.311 e. The lowest BCUT2D eigenvalue weighted by Gasteiger charge is -2.29. The van der Waals surface area contributed by atoms with E-state index >= 15 is 0 Å². The lowest BCUT2D eigenvalue weighted by atomic mass is 10.0. The monoisotopic (exact) mass is 378 g/mol. The average Bonchev–Trinajstić information content (AvgIpc) is 3.16. The number of fused-ring (bicyclic) bond motifs is 2. The Morgan fingerprint density at radius 1 is 1.40 bits per heavy atom. The maximum atomic E-state index is 12.4. The van der Waals surface area contributed by atoms with Crippen LogP contribution in [0, 0.1) is 0 Å². The Morgan fingerprint density at radius 3 is 2.80 bits per heavy atom. The molecule has 142 valence electrons. The summed E-state index contributed by atoms with van der Waals surface area (Å²) in [5, 5.41) is 3.88. The Hall–Kier alpha value is -1.47. The van der Waals surface area contributed by atoms with Gasteiger partial charge in [0, 0.05) is 12.6 Å². The number of hydroxylamine groups is 3. The molecule has 3 saturated heterocycles. The number of nitrogens with zero attached hydrogens (tertiary/aromatic N) is 2. The van der Waals surface area contributed by atoms with Crippen molar-refractivity contribution in [2.24, 2.45) is 0 Å². The Labute approximate surface area is 145 Å². The number of amides is 3. The van der Waals surface area contributed by atoms with Crippen LogP contribution in [0.4, 0.5) is 4.79 Å². The van der Waals surface area contributed by atoms with Gasteiger partial charge >= 0.3 is 16.4 Å². The van der Waals surface area contributed by atoms with Gasteiger partial charge in [-0.25, -0.2) is 10.3 Å². The number of piperidine rings is 1. The molecule has 12 heteroatoms. The quantitative estimate of drug-likeness (QED) is 0.403. The highest BCUT2D eigenvalue weighted by molar-refractivity contribution is 7.80. The Bertz CT molecular complexity index is 636.